The van der Waals surface area contributed by atoms with Crippen LogP contribution in [0.1, 0.15) is 151 Å². The number of hydrogen-bond acceptors (Lipinski definition) is 2. The topological polar surface area (TPSA) is 18.5 Å². The van der Waals surface area contributed by atoms with Gasteiger partial charge in [-0.25, -0.2) is 0 Å². The Morgan fingerprint density at radius 2 is 0.518 bits per heavy atom. The number of unbranched alkanes of at least 4 members (excludes halogenated alkanes) is 18. The molecule has 0 fully saturated rings. The van der Waals surface area contributed by atoms with Crippen molar-refractivity contribution in [3.8, 4) is 11.5 Å². The molecule has 0 aliphatic heterocycles. The van der Waals surface area contributed by atoms with Crippen molar-refractivity contribution in [3.63, 3.8) is 0 Å². The zero-order valence-electron chi connectivity index (χ0n) is 36.9. The second kappa shape index (κ2) is 28.1. The fourth-order valence-electron chi connectivity index (χ4n) is 7.04. The van der Waals surface area contributed by atoms with Crippen molar-refractivity contribution in [3.05, 3.63) is 95.1 Å². The lowest BCUT2D eigenvalue weighted by atomic mass is 10.1. The fourth-order valence-corrected chi connectivity index (χ4v) is 7.04. The van der Waals surface area contributed by atoms with Crippen molar-refractivity contribution in [1.29, 1.82) is 0 Å². The van der Waals surface area contributed by atoms with Crippen LogP contribution in [-0.2, 0) is 0 Å². The second-order valence-electron chi connectivity index (χ2n) is 18.3. The summed E-state index contributed by atoms with van der Waals surface area (Å²) in [6.07, 6.45) is 35.6. The molecule has 0 saturated carbocycles. The summed E-state index contributed by atoms with van der Waals surface area (Å²) in [5.41, 5.74) is 4.74. The van der Waals surface area contributed by atoms with E-state index in [1.54, 1.807) is 0 Å². The average Bonchev–Trinajstić information content (AvgIpc) is 3.17. The van der Waals surface area contributed by atoms with Gasteiger partial charge in [-0.1, -0.05) is 163 Å². The molecule has 0 amide bonds. The van der Waals surface area contributed by atoms with Crippen LogP contribution < -0.4 is 9.47 Å². The average molecular weight is 767 g/mol. The van der Waals surface area contributed by atoms with E-state index in [9.17, 15) is 0 Å². The first-order chi connectivity index (χ1) is 27.1. The molecule has 0 saturated heterocycles. The Kier molecular flexibility index (Phi) is 23.6. The molecule has 4 nitrogen and oxygen atoms in total. The Bertz CT molecular complexity index is 1330. The quantitative estimate of drug-likeness (QED) is 0.0358. The molecule has 0 aromatic heterocycles. The first-order valence-electron chi connectivity index (χ1n) is 22.6. The van der Waals surface area contributed by atoms with Gasteiger partial charge in [-0.2, -0.15) is 0 Å². The van der Waals surface area contributed by atoms with Gasteiger partial charge in [-0.05, 0) is 85.0 Å². The van der Waals surface area contributed by atoms with E-state index < -0.39 is 0 Å². The number of benzene rings is 3. The third-order valence-corrected chi connectivity index (χ3v) is 10.6. The van der Waals surface area contributed by atoms with Crippen LogP contribution in [0.2, 0.25) is 0 Å². The van der Waals surface area contributed by atoms with Gasteiger partial charge >= 0.3 is 0 Å². The third kappa shape index (κ3) is 25.0. The summed E-state index contributed by atoms with van der Waals surface area (Å²) in [6.45, 7) is 4.20. The first kappa shape index (κ1) is 47.0. The fraction of sp³-hybridized carbons (Fsp3) is 0.577. The van der Waals surface area contributed by atoms with Crippen molar-refractivity contribution in [1.82, 2.24) is 0 Å². The van der Waals surface area contributed by atoms with Gasteiger partial charge in [0.15, 0.2) is 0 Å². The van der Waals surface area contributed by atoms with Crippen molar-refractivity contribution >= 4 is 24.3 Å². The SMILES string of the molecule is C[N+](C)(C)CCCCCCCCCCCCOc1ccc(/C=C/c2ccc(/C=C/c3ccc(OCCCCCCCCCCCC[N+](C)(C)C)cc3)cc2)cc1. The van der Waals surface area contributed by atoms with E-state index in [-0.39, 0.29) is 0 Å². The maximum Gasteiger partial charge on any atom is 0.119 e. The second-order valence-corrected chi connectivity index (χ2v) is 18.3. The Morgan fingerprint density at radius 3 is 0.768 bits per heavy atom. The van der Waals surface area contributed by atoms with Gasteiger partial charge in [0.05, 0.1) is 68.6 Å². The van der Waals surface area contributed by atoms with Crippen LogP contribution >= 0.6 is 0 Å². The molecule has 0 N–H and O–H groups in total. The molecular formula is C52H82N2O2+2. The number of ether oxygens (including phenoxy) is 2. The van der Waals surface area contributed by atoms with Crippen LogP contribution in [0, 0.1) is 0 Å². The summed E-state index contributed by atoms with van der Waals surface area (Å²) in [6, 6.07) is 25.6. The molecule has 0 unspecified atom stereocenters. The molecule has 0 atom stereocenters. The van der Waals surface area contributed by atoms with E-state index in [2.05, 4.69) is 139 Å². The largest absolute Gasteiger partial charge is 0.494 e. The Hall–Kier alpha value is -3.34. The molecule has 4 heteroatoms. The molecule has 0 radical (unpaired) electrons. The summed E-state index contributed by atoms with van der Waals surface area (Å²) in [5, 5.41) is 0. The van der Waals surface area contributed by atoms with E-state index in [1.165, 1.54) is 151 Å². The van der Waals surface area contributed by atoms with Crippen LogP contribution in [0.15, 0.2) is 72.8 Å². The van der Waals surface area contributed by atoms with Gasteiger partial charge in [0.25, 0.3) is 0 Å². The van der Waals surface area contributed by atoms with E-state index in [4.69, 9.17) is 9.47 Å². The summed E-state index contributed by atoms with van der Waals surface area (Å²) >= 11 is 0. The lowest BCUT2D eigenvalue weighted by Crippen LogP contribution is -2.35. The van der Waals surface area contributed by atoms with Gasteiger partial charge in [0, 0.05) is 0 Å². The first-order valence-corrected chi connectivity index (χ1v) is 22.6. The molecule has 0 heterocycles. The predicted molar refractivity (Wildman–Crippen MR) is 246 cm³/mol. The highest BCUT2D eigenvalue weighted by molar-refractivity contribution is 5.73. The normalized spacial score (nSPS) is 12.2. The van der Waals surface area contributed by atoms with Gasteiger partial charge < -0.3 is 18.4 Å². The summed E-state index contributed by atoms with van der Waals surface area (Å²) in [5.74, 6) is 1.93. The zero-order valence-corrected chi connectivity index (χ0v) is 36.9. The number of quaternary nitrogens is 2. The van der Waals surface area contributed by atoms with Gasteiger partial charge in [-0.15, -0.1) is 0 Å². The maximum atomic E-state index is 6.02. The minimum absolute atomic E-state index is 0.806. The molecule has 0 aliphatic carbocycles. The van der Waals surface area contributed by atoms with Crippen molar-refractivity contribution in [2.24, 2.45) is 0 Å². The molecule has 3 aromatic rings. The molecule has 0 bridgehead atoms. The lowest BCUT2D eigenvalue weighted by molar-refractivity contribution is -0.870. The molecule has 56 heavy (non-hydrogen) atoms. The van der Waals surface area contributed by atoms with E-state index in [0.717, 1.165) is 46.5 Å². The predicted octanol–water partition coefficient (Wildman–Crippen LogP) is 14.0. The molecule has 0 spiro atoms. The van der Waals surface area contributed by atoms with Crippen molar-refractivity contribution in [2.75, 3.05) is 68.6 Å². The van der Waals surface area contributed by atoms with E-state index >= 15 is 0 Å². The molecule has 3 aromatic carbocycles. The van der Waals surface area contributed by atoms with Gasteiger partial charge in [0.2, 0.25) is 0 Å². The number of hydrogen-bond donors (Lipinski definition) is 0. The minimum atomic E-state index is 0.806. The molecule has 0 aliphatic rings. The molecule has 3 rings (SSSR count). The monoisotopic (exact) mass is 767 g/mol. The number of rotatable bonds is 32. The van der Waals surface area contributed by atoms with Crippen LogP contribution in [0.5, 0.6) is 11.5 Å². The molecule has 310 valence electrons. The van der Waals surface area contributed by atoms with Crippen molar-refractivity contribution < 1.29 is 18.4 Å². The smallest absolute Gasteiger partial charge is 0.119 e. The van der Waals surface area contributed by atoms with Gasteiger partial charge in [0.1, 0.15) is 11.5 Å². The van der Waals surface area contributed by atoms with E-state index in [0.29, 0.717) is 0 Å². The Labute approximate surface area is 345 Å². The van der Waals surface area contributed by atoms with Crippen LogP contribution in [0.4, 0.5) is 0 Å². The lowest BCUT2D eigenvalue weighted by Gasteiger charge is -2.23. The summed E-state index contributed by atoms with van der Waals surface area (Å²) < 4.78 is 14.2. The van der Waals surface area contributed by atoms with E-state index in [1.807, 2.05) is 0 Å². The molecular weight excluding hydrogens is 685 g/mol. The maximum absolute atomic E-state index is 6.02. The third-order valence-electron chi connectivity index (χ3n) is 10.6. The minimum Gasteiger partial charge on any atom is -0.494 e. The highest BCUT2D eigenvalue weighted by Gasteiger charge is 2.06. The Morgan fingerprint density at radius 1 is 0.304 bits per heavy atom. The van der Waals surface area contributed by atoms with Crippen molar-refractivity contribution in [2.45, 2.75) is 128 Å². The van der Waals surface area contributed by atoms with Crippen LogP contribution in [-0.4, -0.2) is 77.6 Å². The summed E-state index contributed by atoms with van der Waals surface area (Å²) in [4.78, 5) is 0. The van der Waals surface area contributed by atoms with Crippen LogP contribution in [0.25, 0.3) is 24.3 Å². The zero-order chi connectivity index (χ0) is 40.2. The Balaban J connectivity index is 1.19. The van der Waals surface area contributed by atoms with Crippen LogP contribution in [0.3, 0.4) is 0 Å². The highest BCUT2D eigenvalue weighted by atomic mass is 16.5. The van der Waals surface area contributed by atoms with Gasteiger partial charge in [-0.3, -0.25) is 0 Å². The standard InChI is InChI=1S/C52H82N2O2/c1-53(2,3)43-23-19-15-11-7-9-13-17-21-25-45-55-51-39-35-49(36-40-51)33-31-47-27-29-48(30-28-47)32-34-50-37-41-52(42-38-50)56-46-26-22-18-14-10-8-12-16-20-24-44-54(4,5)6/h27-42H,7-26,43-46H2,1-6H3/q+2/b33-31+,34-32+. The number of nitrogens with zero attached hydrogens (tertiary/aromatic N) is 2. The highest BCUT2D eigenvalue weighted by Crippen LogP contribution is 2.19. The summed E-state index contributed by atoms with van der Waals surface area (Å²) in [7, 11) is 13.7.